The van der Waals surface area contributed by atoms with E-state index in [2.05, 4.69) is 42.9 Å². The fourth-order valence-corrected chi connectivity index (χ4v) is 4.75. The Morgan fingerprint density at radius 2 is 1.72 bits per heavy atom. The van der Waals surface area contributed by atoms with Crippen molar-refractivity contribution in [1.82, 2.24) is 25.2 Å². The van der Waals surface area contributed by atoms with Crippen molar-refractivity contribution in [2.45, 2.75) is 38.3 Å². The van der Waals surface area contributed by atoms with Crippen molar-refractivity contribution in [3.63, 3.8) is 0 Å². The third-order valence-electron chi connectivity index (χ3n) is 5.27. The first-order valence-electron chi connectivity index (χ1n) is 11.1. The second-order valence-electron chi connectivity index (χ2n) is 8.51. The third-order valence-corrected chi connectivity index (χ3v) is 7.41. The van der Waals surface area contributed by atoms with Crippen molar-refractivity contribution in [2.75, 3.05) is 5.32 Å². The van der Waals surface area contributed by atoms with Crippen LogP contribution >= 0.6 is 22.6 Å². The van der Waals surface area contributed by atoms with E-state index in [1.807, 2.05) is 13.8 Å². The lowest BCUT2D eigenvalue weighted by Crippen LogP contribution is -2.37. The zero-order chi connectivity index (χ0) is 26.3. The number of aromatic nitrogens is 3. The molecule has 0 saturated carbocycles. The minimum atomic E-state index is -3.69. The standard InChI is InChI=1S/C23H27IN6O5S/c1-15(2)11-21(23(32)28-33)22(31)27-18-7-3-16(4-8-18)14-30-19(12-25-29-30)13-26-36(34,35)20-9-5-17(24)6-10-20/h3-10,12,15,21,26,33H,11,13-14H2,1-2H3,(H,27,31)(H,28,32). The van der Waals surface area contributed by atoms with E-state index in [0.29, 0.717) is 24.3 Å². The number of hydrogen-bond donors (Lipinski definition) is 4. The minimum Gasteiger partial charge on any atom is -0.325 e. The highest BCUT2D eigenvalue weighted by atomic mass is 127. The summed E-state index contributed by atoms with van der Waals surface area (Å²) in [5.74, 6) is -2.20. The topological polar surface area (TPSA) is 155 Å². The van der Waals surface area contributed by atoms with Gasteiger partial charge in [0.15, 0.2) is 0 Å². The van der Waals surface area contributed by atoms with Crippen LogP contribution in [0, 0.1) is 15.4 Å². The summed E-state index contributed by atoms with van der Waals surface area (Å²) in [7, 11) is -3.69. The molecular formula is C23H27IN6O5S. The summed E-state index contributed by atoms with van der Waals surface area (Å²) in [5.41, 5.74) is 3.46. The van der Waals surface area contributed by atoms with E-state index >= 15 is 0 Å². The average molecular weight is 626 g/mol. The molecule has 192 valence electrons. The fourth-order valence-electron chi connectivity index (χ4n) is 3.39. The third kappa shape index (κ3) is 7.56. The number of nitrogens with one attached hydrogen (secondary N) is 3. The quantitative estimate of drug-likeness (QED) is 0.110. The molecule has 0 saturated heterocycles. The van der Waals surface area contributed by atoms with Crippen LogP contribution < -0.4 is 15.5 Å². The summed E-state index contributed by atoms with van der Waals surface area (Å²) in [6, 6.07) is 13.5. The maximum Gasteiger partial charge on any atom is 0.255 e. The van der Waals surface area contributed by atoms with Crippen LogP contribution in [-0.2, 0) is 32.7 Å². The molecule has 4 N–H and O–H groups in total. The zero-order valence-corrected chi connectivity index (χ0v) is 22.7. The number of hydrogen-bond acceptors (Lipinski definition) is 7. The van der Waals surface area contributed by atoms with Gasteiger partial charge in [-0.15, -0.1) is 5.10 Å². The summed E-state index contributed by atoms with van der Waals surface area (Å²) in [6.45, 7) is 4.11. The molecule has 3 aromatic rings. The van der Waals surface area contributed by atoms with Gasteiger partial charge in [-0.05, 0) is 76.9 Å². The molecule has 0 bridgehead atoms. The predicted octanol–water partition coefficient (Wildman–Crippen LogP) is 2.52. The SMILES string of the molecule is CC(C)CC(C(=O)NO)C(=O)Nc1ccc(Cn2nncc2CNS(=O)(=O)c2ccc(I)cc2)cc1. The van der Waals surface area contributed by atoms with Crippen LogP contribution in [0.1, 0.15) is 31.5 Å². The van der Waals surface area contributed by atoms with Gasteiger partial charge in [-0.25, -0.2) is 23.3 Å². The summed E-state index contributed by atoms with van der Waals surface area (Å²) < 4.78 is 30.2. The van der Waals surface area contributed by atoms with Gasteiger partial charge in [0.1, 0.15) is 5.92 Å². The van der Waals surface area contributed by atoms with Gasteiger partial charge in [-0.3, -0.25) is 14.8 Å². The molecule has 2 amide bonds. The lowest BCUT2D eigenvalue weighted by atomic mass is 9.95. The Bertz CT molecular complexity index is 1290. The Balaban J connectivity index is 1.62. The Morgan fingerprint density at radius 3 is 2.33 bits per heavy atom. The van der Waals surface area contributed by atoms with Gasteiger partial charge in [0.2, 0.25) is 15.9 Å². The number of nitrogens with zero attached hydrogens (tertiary/aromatic N) is 3. The zero-order valence-electron chi connectivity index (χ0n) is 19.7. The molecule has 0 fully saturated rings. The summed E-state index contributed by atoms with van der Waals surface area (Å²) in [5, 5.41) is 19.6. The Morgan fingerprint density at radius 1 is 1.06 bits per heavy atom. The molecule has 1 heterocycles. The monoisotopic (exact) mass is 626 g/mol. The molecule has 1 atom stereocenters. The van der Waals surface area contributed by atoms with Gasteiger partial charge >= 0.3 is 0 Å². The number of halogens is 1. The first-order valence-corrected chi connectivity index (χ1v) is 13.6. The van der Waals surface area contributed by atoms with E-state index in [0.717, 1.165) is 9.13 Å². The molecule has 3 rings (SSSR count). The molecule has 0 aliphatic heterocycles. The van der Waals surface area contributed by atoms with Crippen LogP contribution in [0.5, 0.6) is 0 Å². The van der Waals surface area contributed by atoms with Crippen molar-refractivity contribution >= 4 is 50.1 Å². The van der Waals surface area contributed by atoms with Gasteiger partial charge in [0, 0.05) is 9.26 Å². The lowest BCUT2D eigenvalue weighted by molar-refractivity contribution is -0.139. The maximum absolute atomic E-state index is 12.6. The molecule has 36 heavy (non-hydrogen) atoms. The van der Waals surface area contributed by atoms with E-state index in [1.165, 1.54) is 6.20 Å². The first kappa shape index (κ1) is 27.7. The highest BCUT2D eigenvalue weighted by Gasteiger charge is 2.27. The van der Waals surface area contributed by atoms with Crippen LogP contribution in [-0.4, -0.2) is 40.4 Å². The maximum atomic E-state index is 12.6. The average Bonchev–Trinajstić information content (AvgIpc) is 3.29. The van der Waals surface area contributed by atoms with Crippen molar-refractivity contribution in [3.8, 4) is 0 Å². The molecule has 0 aliphatic carbocycles. The van der Waals surface area contributed by atoms with E-state index < -0.39 is 27.8 Å². The second kappa shape index (κ2) is 12.4. The Kier molecular flexibility index (Phi) is 9.53. The number of carbonyl (C=O) groups is 2. The molecule has 0 spiro atoms. The van der Waals surface area contributed by atoms with E-state index in [-0.39, 0.29) is 17.4 Å². The molecule has 0 radical (unpaired) electrons. The van der Waals surface area contributed by atoms with Gasteiger partial charge in [0.05, 0.1) is 29.9 Å². The highest BCUT2D eigenvalue weighted by Crippen LogP contribution is 2.17. The molecule has 1 unspecified atom stereocenters. The number of sulfonamides is 1. The second-order valence-corrected chi connectivity index (χ2v) is 11.5. The van der Waals surface area contributed by atoms with E-state index in [9.17, 15) is 18.0 Å². The molecule has 11 nitrogen and oxygen atoms in total. The Hall–Kier alpha value is -2.88. The number of hydroxylamine groups is 1. The number of anilines is 1. The summed E-state index contributed by atoms with van der Waals surface area (Å²) in [6.07, 6.45) is 1.78. The molecular weight excluding hydrogens is 599 g/mol. The molecule has 13 heteroatoms. The van der Waals surface area contributed by atoms with Crippen molar-refractivity contribution in [1.29, 1.82) is 0 Å². The van der Waals surface area contributed by atoms with Gasteiger partial charge in [0.25, 0.3) is 5.91 Å². The lowest BCUT2D eigenvalue weighted by Gasteiger charge is -2.17. The predicted molar refractivity (Wildman–Crippen MR) is 140 cm³/mol. The van der Waals surface area contributed by atoms with E-state index in [4.69, 9.17) is 5.21 Å². The molecule has 1 aromatic heterocycles. The number of amides is 2. The Labute approximate surface area is 222 Å². The summed E-state index contributed by atoms with van der Waals surface area (Å²) in [4.78, 5) is 24.6. The van der Waals surface area contributed by atoms with Crippen molar-refractivity contribution in [3.05, 3.63) is 69.6 Å². The number of benzene rings is 2. The smallest absolute Gasteiger partial charge is 0.255 e. The van der Waals surface area contributed by atoms with Crippen molar-refractivity contribution in [2.24, 2.45) is 11.8 Å². The molecule has 2 aromatic carbocycles. The number of carbonyl (C=O) groups excluding carboxylic acids is 2. The van der Waals surface area contributed by atoms with Gasteiger partial charge in [-0.2, -0.15) is 0 Å². The fraction of sp³-hybridized carbons (Fsp3) is 0.304. The van der Waals surface area contributed by atoms with E-state index in [1.54, 1.807) is 58.7 Å². The number of rotatable bonds is 11. The van der Waals surface area contributed by atoms with Crippen LogP contribution in [0.25, 0.3) is 0 Å². The van der Waals surface area contributed by atoms with Gasteiger partial charge in [-0.1, -0.05) is 31.2 Å². The van der Waals surface area contributed by atoms with Crippen molar-refractivity contribution < 1.29 is 23.2 Å². The van der Waals surface area contributed by atoms with Crippen LogP contribution in [0.3, 0.4) is 0 Å². The van der Waals surface area contributed by atoms with Gasteiger partial charge < -0.3 is 5.32 Å². The molecule has 0 aliphatic rings. The van der Waals surface area contributed by atoms with Crippen LogP contribution in [0.2, 0.25) is 0 Å². The van der Waals surface area contributed by atoms with Crippen LogP contribution in [0.15, 0.2) is 59.6 Å². The minimum absolute atomic E-state index is 0.0135. The van der Waals surface area contributed by atoms with Crippen LogP contribution in [0.4, 0.5) is 5.69 Å². The normalized spacial score (nSPS) is 12.4. The first-order chi connectivity index (χ1) is 17.1. The largest absolute Gasteiger partial charge is 0.325 e. The summed E-state index contributed by atoms with van der Waals surface area (Å²) >= 11 is 2.11. The highest BCUT2D eigenvalue weighted by molar-refractivity contribution is 14.1.